The van der Waals surface area contributed by atoms with Crippen molar-refractivity contribution in [3.05, 3.63) is 77.2 Å². The van der Waals surface area contributed by atoms with E-state index in [9.17, 15) is 24.2 Å². The number of hydrogen-bond acceptors (Lipinski definition) is 5. The largest absolute Gasteiger partial charge is 0.438 e. The van der Waals surface area contributed by atoms with Crippen LogP contribution in [0, 0.1) is 0 Å². The third-order valence-electron chi connectivity index (χ3n) is 4.91. The lowest BCUT2D eigenvalue weighted by Crippen LogP contribution is -2.10. The van der Waals surface area contributed by atoms with Crippen LogP contribution >= 0.6 is 10.2 Å². The van der Waals surface area contributed by atoms with E-state index in [-0.39, 0.29) is 35.8 Å². The maximum absolute atomic E-state index is 13.0. The Hall–Kier alpha value is -3.51. The molecule has 0 amide bonds. The van der Waals surface area contributed by atoms with E-state index in [0.29, 0.717) is 35.3 Å². The lowest BCUT2D eigenvalue weighted by Gasteiger charge is -2.40. The van der Waals surface area contributed by atoms with Crippen LogP contribution in [0.5, 0.6) is 11.6 Å². The summed E-state index contributed by atoms with van der Waals surface area (Å²) in [6.45, 7) is 0.368. The Balaban J connectivity index is 1.73. The number of halogens is 5. The van der Waals surface area contributed by atoms with Crippen molar-refractivity contribution in [3.63, 3.8) is 0 Å². The number of benzene rings is 1. The van der Waals surface area contributed by atoms with Gasteiger partial charge in [-0.25, -0.2) is 9.97 Å². The van der Waals surface area contributed by atoms with E-state index in [1.54, 1.807) is 35.0 Å². The van der Waals surface area contributed by atoms with Gasteiger partial charge in [-0.3, -0.25) is 4.79 Å². The fourth-order valence-electron chi connectivity index (χ4n) is 3.29. The summed E-state index contributed by atoms with van der Waals surface area (Å²) < 4.78 is 72.1. The van der Waals surface area contributed by atoms with Crippen molar-refractivity contribution in [2.75, 3.05) is 6.61 Å². The predicted molar refractivity (Wildman–Crippen MR) is 119 cm³/mol. The van der Waals surface area contributed by atoms with Gasteiger partial charge in [0.1, 0.15) is 16.3 Å². The smallest absolute Gasteiger partial charge is 0.310 e. The minimum Gasteiger partial charge on any atom is -0.438 e. The zero-order valence-corrected chi connectivity index (χ0v) is 18.2. The highest BCUT2D eigenvalue weighted by molar-refractivity contribution is 8.45. The second-order valence-corrected chi connectivity index (χ2v) is 9.83. The van der Waals surface area contributed by atoms with Crippen LogP contribution in [0.2, 0.25) is 0 Å². The Bertz CT molecular complexity index is 1430. The van der Waals surface area contributed by atoms with E-state index < -0.39 is 15.1 Å². The maximum atomic E-state index is 13.0. The monoisotopic (exact) mass is 499 g/mol. The van der Waals surface area contributed by atoms with Gasteiger partial charge in [-0.2, -0.15) is 0 Å². The molecular formula is C22H18F5N3O3S. The molecule has 0 bridgehead atoms. The predicted octanol–water partition coefficient (Wildman–Crippen LogP) is 6.29. The molecule has 3 heterocycles. The number of rotatable bonds is 7. The Kier molecular flexibility index (Phi) is 5.41. The number of pyridine rings is 3. The molecule has 0 radical (unpaired) electrons. The molecular weight excluding hydrogens is 481 g/mol. The van der Waals surface area contributed by atoms with Gasteiger partial charge in [0.25, 0.3) is 0 Å². The highest BCUT2D eigenvalue weighted by Gasteiger charge is 2.65. The summed E-state index contributed by atoms with van der Waals surface area (Å²) in [4.78, 5) is 18.8. The van der Waals surface area contributed by atoms with Gasteiger partial charge in [0, 0.05) is 31.6 Å². The molecule has 0 atom stereocenters. The van der Waals surface area contributed by atoms with E-state index in [2.05, 4.69) is 9.97 Å². The van der Waals surface area contributed by atoms with Gasteiger partial charge >= 0.3 is 10.2 Å². The minimum atomic E-state index is -9.79. The van der Waals surface area contributed by atoms with E-state index in [4.69, 9.17) is 9.84 Å². The van der Waals surface area contributed by atoms with Gasteiger partial charge < -0.3 is 14.4 Å². The van der Waals surface area contributed by atoms with Gasteiger partial charge in [-0.1, -0.05) is 19.4 Å². The van der Waals surface area contributed by atoms with Crippen molar-refractivity contribution in [1.29, 1.82) is 0 Å². The van der Waals surface area contributed by atoms with Crippen molar-refractivity contribution in [2.24, 2.45) is 0 Å². The van der Waals surface area contributed by atoms with E-state index in [1.165, 1.54) is 12.3 Å². The number of aliphatic hydroxyl groups is 1. The highest BCUT2D eigenvalue weighted by atomic mass is 32.5. The summed E-state index contributed by atoms with van der Waals surface area (Å²) in [7, 11) is -9.79. The molecule has 4 aromatic rings. The first-order valence-corrected chi connectivity index (χ1v) is 11.9. The molecule has 180 valence electrons. The molecule has 0 aliphatic heterocycles. The lowest BCUT2D eigenvalue weighted by molar-refractivity contribution is 0.280. The molecule has 4 rings (SSSR count). The van der Waals surface area contributed by atoms with Crippen LogP contribution in [0.1, 0.15) is 6.42 Å². The fourth-order valence-corrected chi connectivity index (χ4v) is 3.94. The highest BCUT2D eigenvalue weighted by Crippen LogP contribution is 3.02. The Labute approximate surface area is 190 Å². The minimum absolute atomic E-state index is 0.0189. The van der Waals surface area contributed by atoms with Gasteiger partial charge in [-0.15, -0.1) is 0 Å². The summed E-state index contributed by atoms with van der Waals surface area (Å²) in [6, 6.07) is 9.83. The van der Waals surface area contributed by atoms with Crippen molar-refractivity contribution < 1.29 is 29.3 Å². The number of hydrogen-bond donors (Lipinski definition) is 1. The molecule has 0 spiro atoms. The molecule has 1 N–H and O–H groups in total. The van der Waals surface area contributed by atoms with Crippen LogP contribution in [0.4, 0.5) is 19.4 Å². The first-order chi connectivity index (χ1) is 15.9. The molecule has 0 saturated carbocycles. The molecule has 34 heavy (non-hydrogen) atoms. The number of fused-ring (bicyclic) bond motifs is 1. The van der Waals surface area contributed by atoms with Crippen LogP contribution < -0.4 is 10.2 Å². The van der Waals surface area contributed by atoms with Crippen LogP contribution in [0.25, 0.3) is 22.3 Å². The third-order valence-corrected chi connectivity index (χ3v) is 6.07. The molecule has 3 aromatic heterocycles. The summed E-state index contributed by atoms with van der Waals surface area (Å²) in [5.74, 6) is -0.152. The van der Waals surface area contributed by atoms with E-state index in [1.807, 2.05) is 0 Å². The molecule has 1 aromatic carbocycles. The molecule has 12 heteroatoms. The normalized spacial score (nSPS) is 13.9. The summed E-state index contributed by atoms with van der Waals surface area (Å²) >= 11 is 0. The average molecular weight is 499 g/mol. The summed E-state index contributed by atoms with van der Waals surface area (Å²) in [5.41, 5.74) is 0.864. The van der Waals surface area contributed by atoms with E-state index >= 15 is 0 Å². The zero-order valence-electron chi connectivity index (χ0n) is 17.4. The van der Waals surface area contributed by atoms with Crippen LogP contribution in [0.3, 0.4) is 0 Å². The lowest BCUT2D eigenvalue weighted by atomic mass is 10.1. The number of ether oxygens (including phenoxy) is 1. The fraction of sp³-hybridized carbons (Fsp3) is 0.136. The van der Waals surface area contributed by atoms with Gasteiger partial charge in [-0.05, 0) is 55.0 Å². The third kappa shape index (κ3) is 5.02. The maximum Gasteiger partial charge on any atom is 0.310 e. The number of aromatic nitrogens is 3. The van der Waals surface area contributed by atoms with Gasteiger partial charge in [0.05, 0.1) is 16.6 Å². The van der Waals surface area contributed by atoms with Crippen LogP contribution in [0.15, 0.2) is 76.7 Å². The topological polar surface area (TPSA) is 77.2 Å². The zero-order chi connectivity index (χ0) is 24.6. The van der Waals surface area contributed by atoms with Gasteiger partial charge in [0.15, 0.2) is 5.43 Å². The van der Waals surface area contributed by atoms with Gasteiger partial charge in [0.2, 0.25) is 5.88 Å². The molecule has 6 nitrogen and oxygen atoms in total. The van der Waals surface area contributed by atoms with Crippen molar-refractivity contribution in [3.8, 4) is 22.9 Å². The Morgan fingerprint density at radius 2 is 1.71 bits per heavy atom. The van der Waals surface area contributed by atoms with Crippen LogP contribution in [-0.2, 0) is 6.54 Å². The Morgan fingerprint density at radius 3 is 2.38 bits per heavy atom. The van der Waals surface area contributed by atoms with Crippen molar-refractivity contribution in [2.45, 2.75) is 17.9 Å². The standard InChI is InChI=1S/C22H18F5N3O3S/c23-34(24,25,26,27)16-6-4-15(5-7-16)33-22-17(3-1-11-28-22)19-9-8-18-20(32)10-13-30(12-2-14-31)21(18)29-19/h1,3-11,13,31H,2,12,14H2. The summed E-state index contributed by atoms with van der Waals surface area (Å²) in [6.07, 6.45) is 3.40. The Morgan fingerprint density at radius 1 is 0.971 bits per heavy atom. The van der Waals surface area contributed by atoms with Crippen molar-refractivity contribution >= 4 is 21.3 Å². The number of nitrogens with zero attached hydrogens (tertiary/aromatic N) is 3. The molecule has 0 saturated heterocycles. The molecule has 0 fully saturated rings. The average Bonchev–Trinajstić information content (AvgIpc) is 2.78. The van der Waals surface area contributed by atoms with E-state index in [0.717, 1.165) is 12.1 Å². The second-order valence-electron chi connectivity index (χ2n) is 7.42. The first-order valence-electron chi connectivity index (χ1n) is 9.94. The quantitative estimate of drug-likeness (QED) is 0.303. The van der Waals surface area contributed by atoms with Crippen molar-refractivity contribution in [1.82, 2.24) is 14.5 Å². The number of aliphatic hydroxyl groups excluding tert-OH is 1. The molecule has 0 unspecified atom stereocenters. The summed E-state index contributed by atoms with van der Waals surface area (Å²) in [5, 5.41) is 9.49. The molecule has 0 aliphatic rings. The first kappa shape index (κ1) is 23.6. The SMILES string of the molecule is O=c1ccn(CCCO)c2nc(-c3cccnc3Oc3ccc(S(F)(F)(F)(F)F)cc3)ccc12. The van der Waals surface area contributed by atoms with Crippen LogP contribution in [-0.4, -0.2) is 26.2 Å². The molecule has 0 aliphatic carbocycles. The number of aryl methyl sites for hydroxylation is 1. The second kappa shape index (κ2) is 7.77.